The van der Waals surface area contributed by atoms with Gasteiger partial charge in [0.25, 0.3) is 0 Å². The van der Waals surface area contributed by atoms with Gasteiger partial charge in [0.1, 0.15) is 23.6 Å². The predicted molar refractivity (Wildman–Crippen MR) is 105 cm³/mol. The molecule has 4 rings (SSSR count). The van der Waals surface area contributed by atoms with Crippen LogP contribution >= 0.6 is 0 Å². The number of ether oxygens (including phenoxy) is 1. The van der Waals surface area contributed by atoms with Crippen molar-refractivity contribution in [3.63, 3.8) is 0 Å². The molecule has 0 unspecified atom stereocenters. The average molecular weight is 385 g/mol. The number of benzene rings is 1. The Morgan fingerprint density at radius 1 is 1.25 bits per heavy atom. The molecule has 0 radical (unpaired) electrons. The van der Waals surface area contributed by atoms with Crippen LogP contribution in [0, 0.1) is 5.82 Å². The number of nitrogens with zero attached hydrogens (tertiary/aromatic N) is 4. The fourth-order valence-electron chi connectivity index (χ4n) is 3.43. The van der Waals surface area contributed by atoms with Crippen LogP contribution in [0.4, 0.5) is 15.0 Å². The van der Waals surface area contributed by atoms with Crippen LogP contribution in [0.2, 0.25) is 0 Å². The largest absolute Gasteiger partial charge is 0.444 e. The topological polar surface area (TPSA) is 71.8 Å². The van der Waals surface area contributed by atoms with Crippen LogP contribution in [0.15, 0.2) is 30.6 Å². The standard InChI is InChI=1S/C20H24FN5O2/c1-20(2,3)28-19(27)25-8-6-14(7-9-25)23-18-11-17-15-5-4-13(21)10-16(15)24-26(17)12-22-18/h4-5,10-12,14,23H,6-9H2,1-3H3. The quantitative estimate of drug-likeness (QED) is 0.726. The van der Waals surface area contributed by atoms with Crippen LogP contribution in [-0.4, -0.2) is 50.3 Å². The van der Waals surface area contributed by atoms with Gasteiger partial charge in [-0.1, -0.05) is 0 Å². The van der Waals surface area contributed by atoms with Gasteiger partial charge in [0.15, 0.2) is 0 Å². The van der Waals surface area contributed by atoms with E-state index in [2.05, 4.69) is 15.4 Å². The number of carbonyl (C=O) groups is 1. The van der Waals surface area contributed by atoms with E-state index in [9.17, 15) is 9.18 Å². The highest BCUT2D eigenvalue weighted by atomic mass is 19.1. The summed E-state index contributed by atoms with van der Waals surface area (Å²) in [5.41, 5.74) is 0.992. The molecule has 7 nitrogen and oxygen atoms in total. The lowest BCUT2D eigenvalue weighted by molar-refractivity contribution is 0.0210. The Kier molecular flexibility index (Phi) is 4.56. The molecule has 0 spiro atoms. The SMILES string of the molecule is CC(C)(C)OC(=O)N1CCC(Nc2cc3c4ccc(F)cc4nn3cn2)CC1. The van der Waals surface area contributed by atoms with Crippen molar-refractivity contribution in [2.24, 2.45) is 0 Å². The van der Waals surface area contributed by atoms with E-state index < -0.39 is 5.60 Å². The van der Waals surface area contributed by atoms with Crippen LogP contribution in [-0.2, 0) is 4.74 Å². The van der Waals surface area contributed by atoms with E-state index in [4.69, 9.17) is 4.74 Å². The molecule has 2 aromatic heterocycles. The Balaban J connectivity index is 1.43. The third-order valence-corrected chi connectivity index (χ3v) is 4.78. The van der Waals surface area contributed by atoms with Gasteiger partial charge in [-0.3, -0.25) is 0 Å². The van der Waals surface area contributed by atoms with Gasteiger partial charge in [-0.05, 0) is 45.7 Å². The summed E-state index contributed by atoms with van der Waals surface area (Å²) in [7, 11) is 0. The Hall–Kier alpha value is -2.90. The molecule has 1 N–H and O–H groups in total. The molecular formula is C20H24FN5O2. The molecule has 1 saturated heterocycles. The van der Waals surface area contributed by atoms with Gasteiger partial charge < -0.3 is 15.0 Å². The number of amides is 1. The highest BCUT2D eigenvalue weighted by Crippen LogP contribution is 2.23. The first-order valence-electron chi connectivity index (χ1n) is 9.47. The molecule has 3 heterocycles. The molecule has 0 aliphatic carbocycles. The number of likely N-dealkylation sites (tertiary alicyclic amines) is 1. The molecule has 1 amide bonds. The fourth-order valence-corrected chi connectivity index (χ4v) is 3.43. The first kappa shape index (κ1) is 18.5. The van der Waals surface area contributed by atoms with Crippen molar-refractivity contribution in [2.45, 2.75) is 45.3 Å². The summed E-state index contributed by atoms with van der Waals surface area (Å²) in [5.74, 6) is 0.438. The summed E-state index contributed by atoms with van der Waals surface area (Å²) < 4.78 is 20.5. The summed E-state index contributed by atoms with van der Waals surface area (Å²) in [6, 6.07) is 6.73. The molecular weight excluding hydrogens is 361 g/mol. The highest BCUT2D eigenvalue weighted by Gasteiger charge is 2.27. The van der Waals surface area contributed by atoms with E-state index >= 15 is 0 Å². The lowest BCUT2D eigenvalue weighted by Crippen LogP contribution is -2.44. The fraction of sp³-hybridized carbons (Fsp3) is 0.450. The van der Waals surface area contributed by atoms with Crippen LogP contribution in [0.25, 0.3) is 16.4 Å². The van der Waals surface area contributed by atoms with Crippen molar-refractivity contribution < 1.29 is 13.9 Å². The number of hydrogen-bond donors (Lipinski definition) is 1. The lowest BCUT2D eigenvalue weighted by Gasteiger charge is -2.33. The second-order valence-corrected chi connectivity index (χ2v) is 8.15. The summed E-state index contributed by atoms with van der Waals surface area (Å²) in [4.78, 5) is 18.3. The van der Waals surface area contributed by atoms with E-state index in [0.29, 0.717) is 18.6 Å². The Morgan fingerprint density at radius 3 is 2.71 bits per heavy atom. The van der Waals surface area contributed by atoms with E-state index in [1.807, 2.05) is 26.8 Å². The molecule has 148 valence electrons. The Morgan fingerprint density at radius 2 is 2.00 bits per heavy atom. The van der Waals surface area contributed by atoms with Gasteiger partial charge >= 0.3 is 6.09 Å². The number of nitrogens with one attached hydrogen (secondary N) is 1. The molecule has 1 aromatic carbocycles. The predicted octanol–water partition coefficient (Wildman–Crippen LogP) is 3.83. The van der Waals surface area contributed by atoms with E-state index in [1.54, 1.807) is 21.8 Å². The van der Waals surface area contributed by atoms with Crippen molar-refractivity contribution in [3.8, 4) is 0 Å². The van der Waals surface area contributed by atoms with Gasteiger partial charge in [0, 0.05) is 36.7 Å². The first-order valence-corrected chi connectivity index (χ1v) is 9.47. The van der Waals surface area contributed by atoms with Crippen molar-refractivity contribution in [1.82, 2.24) is 19.5 Å². The zero-order valence-electron chi connectivity index (χ0n) is 16.3. The van der Waals surface area contributed by atoms with Gasteiger partial charge in [0.05, 0.1) is 11.0 Å². The van der Waals surface area contributed by atoms with E-state index in [0.717, 1.165) is 29.6 Å². The lowest BCUT2D eigenvalue weighted by atomic mass is 10.1. The van der Waals surface area contributed by atoms with Crippen molar-refractivity contribution in [3.05, 3.63) is 36.4 Å². The van der Waals surface area contributed by atoms with Crippen molar-refractivity contribution in [1.29, 1.82) is 0 Å². The number of fused-ring (bicyclic) bond motifs is 3. The minimum Gasteiger partial charge on any atom is -0.444 e. The monoisotopic (exact) mass is 385 g/mol. The first-order chi connectivity index (χ1) is 13.3. The van der Waals surface area contributed by atoms with Gasteiger partial charge in [-0.2, -0.15) is 5.10 Å². The van der Waals surface area contributed by atoms with Crippen molar-refractivity contribution in [2.75, 3.05) is 18.4 Å². The maximum atomic E-state index is 13.4. The van der Waals surface area contributed by atoms with E-state index in [-0.39, 0.29) is 18.0 Å². The Bertz CT molecular complexity index is 1020. The smallest absolute Gasteiger partial charge is 0.410 e. The molecule has 8 heteroatoms. The third-order valence-electron chi connectivity index (χ3n) is 4.78. The number of aromatic nitrogens is 3. The van der Waals surface area contributed by atoms with Gasteiger partial charge in [-0.25, -0.2) is 18.7 Å². The number of carbonyl (C=O) groups excluding carboxylic acids is 1. The van der Waals surface area contributed by atoms with Crippen LogP contribution in [0.1, 0.15) is 33.6 Å². The number of piperidine rings is 1. The maximum absolute atomic E-state index is 13.4. The normalized spacial score (nSPS) is 15.9. The summed E-state index contributed by atoms with van der Waals surface area (Å²) in [6.07, 6.45) is 3.00. The average Bonchev–Trinajstić information content (AvgIpc) is 2.97. The van der Waals surface area contributed by atoms with Gasteiger partial charge in [-0.15, -0.1) is 0 Å². The number of hydrogen-bond acceptors (Lipinski definition) is 5. The number of anilines is 1. The second kappa shape index (κ2) is 6.92. The summed E-state index contributed by atoms with van der Waals surface area (Å²) >= 11 is 0. The van der Waals surface area contributed by atoms with Crippen LogP contribution in [0.3, 0.4) is 0 Å². The number of rotatable bonds is 2. The maximum Gasteiger partial charge on any atom is 0.410 e. The molecule has 0 saturated carbocycles. The zero-order valence-corrected chi connectivity index (χ0v) is 16.3. The zero-order chi connectivity index (χ0) is 19.9. The Labute approximate surface area is 162 Å². The molecule has 0 atom stereocenters. The van der Waals surface area contributed by atoms with Crippen LogP contribution in [0.5, 0.6) is 0 Å². The summed E-state index contributed by atoms with van der Waals surface area (Å²) in [5, 5.41) is 8.67. The third kappa shape index (κ3) is 3.85. The minimum atomic E-state index is -0.484. The van der Waals surface area contributed by atoms with Crippen LogP contribution < -0.4 is 5.32 Å². The van der Waals surface area contributed by atoms with Gasteiger partial charge in [0.2, 0.25) is 0 Å². The molecule has 1 aliphatic heterocycles. The summed E-state index contributed by atoms with van der Waals surface area (Å²) in [6.45, 7) is 6.90. The molecule has 3 aromatic rings. The molecule has 1 fully saturated rings. The van der Waals surface area contributed by atoms with Crippen molar-refractivity contribution >= 4 is 28.3 Å². The molecule has 0 bridgehead atoms. The molecule has 1 aliphatic rings. The number of halogens is 1. The minimum absolute atomic E-state index is 0.222. The second-order valence-electron chi connectivity index (χ2n) is 8.15. The highest BCUT2D eigenvalue weighted by molar-refractivity contribution is 5.94. The molecule has 28 heavy (non-hydrogen) atoms. The van der Waals surface area contributed by atoms with E-state index in [1.165, 1.54) is 12.1 Å².